The lowest BCUT2D eigenvalue weighted by atomic mass is 9.64. The van der Waals surface area contributed by atoms with Gasteiger partial charge in [-0.25, -0.2) is 9.18 Å². The number of hydrogen-bond acceptors (Lipinski definition) is 4. The number of Topliss-reactive ketones (excluding diaryl/α,β-unsaturated/α-hetero) is 1. The van der Waals surface area contributed by atoms with Gasteiger partial charge in [0.15, 0.2) is 0 Å². The van der Waals surface area contributed by atoms with Crippen LogP contribution in [0.15, 0.2) is 6.07 Å². The molecule has 0 saturated carbocycles. The number of carbonyl (C=O) groups excluding carboxylic acids is 1. The maximum Gasteiger partial charge on any atom is 0.526 e. The second-order valence-electron chi connectivity index (χ2n) is 5.63. The topological polar surface area (TPSA) is 83.8 Å². The molecule has 0 unspecified atom stereocenters. The molecule has 1 aromatic rings. The summed E-state index contributed by atoms with van der Waals surface area (Å²) in [6.07, 6.45) is 1.27. The second-order valence-corrected chi connectivity index (χ2v) is 5.63. The van der Waals surface area contributed by atoms with Crippen molar-refractivity contribution in [2.24, 2.45) is 0 Å². The largest absolute Gasteiger partial charge is 0.535 e. The highest BCUT2D eigenvalue weighted by atomic mass is 19.1. The van der Waals surface area contributed by atoms with Gasteiger partial charge in [0.2, 0.25) is 0 Å². The maximum absolute atomic E-state index is 14.3. The standard InChI is InChI=1S/C15H18BFO5/c1-3-4-10(18)6-9-7-11-13(17)8(2)5-12(15(19)20)14(11)22-16(9)21/h5,9,21H,3-4,6-7H2,1-2H3,(H,19,20)/t9-/m0/s1. The Hall–Kier alpha value is -1.89. The van der Waals surface area contributed by atoms with Crippen molar-refractivity contribution in [1.29, 1.82) is 0 Å². The van der Waals surface area contributed by atoms with Gasteiger partial charge in [-0.05, 0) is 31.4 Å². The van der Waals surface area contributed by atoms with Gasteiger partial charge in [0.25, 0.3) is 0 Å². The molecule has 0 bridgehead atoms. The predicted molar refractivity (Wildman–Crippen MR) is 78.7 cm³/mol. The normalized spacial score (nSPS) is 16.9. The van der Waals surface area contributed by atoms with Gasteiger partial charge in [-0.1, -0.05) is 6.92 Å². The lowest BCUT2D eigenvalue weighted by molar-refractivity contribution is -0.119. The van der Waals surface area contributed by atoms with Crippen molar-refractivity contribution in [3.8, 4) is 5.75 Å². The highest BCUT2D eigenvalue weighted by molar-refractivity contribution is 6.47. The van der Waals surface area contributed by atoms with Gasteiger partial charge < -0.3 is 14.8 Å². The Morgan fingerprint density at radius 3 is 2.77 bits per heavy atom. The first-order valence-corrected chi connectivity index (χ1v) is 7.26. The molecule has 2 rings (SSSR count). The Morgan fingerprint density at radius 2 is 2.18 bits per heavy atom. The fourth-order valence-corrected chi connectivity index (χ4v) is 2.75. The average Bonchev–Trinajstić information content (AvgIpc) is 2.44. The Kier molecular flexibility index (Phi) is 4.85. The summed E-state index contributed by atoms with van der Waals surface area (Å²) < 4.78 is 19.5. The molecule has 22 heavy (non-hydrogen) atoms. The third-order valence-electron chi connectivity index (χ3n) is 3.85. The number of halogens is 1. The molecule has 1 aromatic carbocycles. The predicted octanol–water partition coefficient (Wildman–Crippen LogP) is 2.38. The maximum atomic E-state index is 14.3. The van der Waals surface area contributed by atoms with Crippen LogP contribution in [0, 0.1) is 12.7 Å². The molecular weight excluding hydrogens is 290 g/mol. The summed E-state index contributed by atoms with van der Waals surface area (Å²) in [6.45, 7) is 3.35. The average molecular weight is 308 g/mol. The number of aryl methyl sites for hydroxylation is 1. The Bertz CT molecular complexity index is 616. The minimum atomic E-state index is -1.31. The fourth-order valence-electron chi connectivity index (χ4n) is 2.75. The molecule has 0 amide bonds. The van der Waals surface area contributed by atoms with Gasteiger partial charge >= 0.3 is 13.1 Å². The molecule has 0 spiro atoms. The van der Waals surface area contributed by atoms with E-state index in [2.05, 4.69) is 0 Å². The molecule has 1 heterocycles. The first-order valence-electron chi connectivity index (χ1n) is 7.26. The minimum Gasteiger partial charge on any atom is -0.535 e. The zero-order valence-electron chi connectivity index (χ0n) is 12.6. The summed E-state index contributed by atoms with van der Waals surface area (Å²) in [5.41, 5.74) is 0.151. The molecule has 1 aliphatic heterocycles. The summed E-state index contributed by atoms with van der Waals surface area (Å²) in [7, 11) is -1.31. The lowest BCUT2D eigenvalue weighted by Crippen LogP contribution is -2.36. The zero-order chi connectivity index (χ0) is 16.4. The van der Waals surface area contributed by atoms with Crippen molar-refractivity contribution in [3.05, 3.63) is 28.6 Å². The molecule has 2 N–H and O–H groups in total. The summed E-state index contributed by atoms with van der Waals surface area (Å²) in [5.74, 6) is -2.51. The van der Waals surface area contributed by atoms with E-state index in [4.69, 9.17) is 4.65 Å². The van der Waals surface area contributed by atoms with E-state index < -0.39 is 24.7 Å². The van der Waals surface area contributed by atoms with Crippen LogP contribution in [0.3, 0.4) is 0 Å². The zero-order valence-corrected chi connectivity index (χ0v) is 12.6. The fraction of sp³-hybridized carbons (Fsp3) is 0.467. The van der Waals surface area contributed by atoms with Crippen molar-refractivity contribution in [2.75, 3.05) is 0 Å². The van der Waals surface area contributed by atoms with Crippen LogP contribution in [0.25, 0.3) is 0 Å². The van der Waals surface area contributed by atoms with Crippen molar-refractivity contribution < 1.29 is 28.8 Å². The summed E-state index contributed by atoms with van der Waals surface area (Å²) in [5, 5.41) is 19.2. The number of rotatable bonds is 5. The van der Waals surface area contributed by atoms with Crippen molar-refractivity contribution in [3.63, 3.8) is 0 Å². The number of benzene rings is 1. The van der Waals surface area contributed by atoms with Crippen molar-refractivity contribution in [2.45, 2.75) is 45.3 Å². The highest BCUT2D eigenvalue weighted by Crippen LogP contribution is 2.39. The molecule has 7 heteroatoms. The van der Waals surface area contributed by atoms with Crippen LogP contribution in [0.4, 0.5) is 4.39 Å². The molecular formula is C15H18BFO5. The van der Waals surface area contributed by atoms with Gasteiger partial charge in [-0.15, -0.1) is 0 Å². The molecule has 1 atom stereocenters. The molecule has 5 nitrogen and oxygen atoms in total. The van der Waals surface area contributed by atoms with Gasteiger partial charge in [-0.3, -0.25) is 4.79 Å². The molecule has 118 valence electrons. The molecule has 0 fully saturated rings. The van der Waals surface area contributed by atoms with Crippen LogP contribution in [0.2, 0.25) is 5.82 Å². The smallest absolute Gasteiger partial charge is 0.526 e. The minimum absolute atomic E-state index is 0.0230. The van der Waals surface area contributed by atoms with E-state index in [0.717, 1.165) is 0 Å². The molecule has 0 aliphatic carbocycles. The molecule has 1 aliphatic rings. The van der Waals surface area contributed by atoms with Crippen LogP contribution in [0.5, 0.6) is 5.75 Å². The monoisotopic (exact) mass is 308 g/mol. The van der Waals surface area contributed by atoms with E-state index in [1.165, 1.54) is 13.0 Å². The lowest BCUT2D eigenvalue weighted by Gasteiger charge is -2.29. The first kappa shape index (κ1) is 16.5. The van der Waals surface area contributed by atoms with E-state index in [-0.39, 0.29) is 41.1 Å². The molecule has 0 radical (unpaired) electrons. The summed E-state index contributed by atoms with van der Waals surface area (Å²) in [6, 6.07) is 1.19. The number of carboxylic acid groups (broad SMARTS) is 1. The molecule has 0 saturated heterocycles. The van der Waals surface area contributed by atoms with Crippen LogP contribution in [-0.2, 0) is 11.2 Å². The van der Waals surface area contributed by atoms with E-state index in [1.807, 2.05) is 6.92 Å². The van der Waals surface area contributed by atoms with E-state index >= 15 is 0 Å². The van der Waals surface area contributed by atoms with Gasteiger partial charge in [-0.2, -0.15) is 0 Å². The quantitative estimate of drug-likeness (QED) is 0.816. The van der Waals surface area contributed by atoms with E-state index in [1.54, 1.807) is 0 Å². The first-order chi connectivity index (χ1) is 10.3. The number of carboxylic acids is 1. The number of aromatic carboxylic acids is 1. The SMILES string of the molecule is CCCC(=O)C[C@H]1Cc2c(F)c(C)cc(C(=O)O)c2OB1O. The van der Waals surface area contributed by atoms with E-state index in [9.17, 15) is 24.1 Å². The molecule has 0 aromatic heterocycles. The van der Waals surface area contributed by atoms with Gasteiger partial charge in [0, 0.05) is 24.2 Å². The van der Waals surface area contributed by atoms with Crippen molar-refractivity contribution >= 4 is 18.9 Å². The van der Waals surface area contributed by atoms with Crippen LogP contribution in [0.1, 0.15) is 47.7 Å². The van der Waals surface area contributed by atoms with E-state index in [0.29, 0.717) is 12.8 Å². The van der Waals surface area contributed by atoms with Crippen LogP contribution >= 0.6 is 0 Å². The van der Waals surface area contributed by atoms with Crippen molar-refractivity contribution in [1.82, 2.24) is 0 Å². The highest BCUT2D eigenvalue weighted by Gasteiger charge is 2.39. The third kappa shape index (κ3) is 3.14. The van der Waals surface area contributed by atoms with Crippen LogP contribution < -0.4 is 4.65 Å². The Labute approximate surface area is 128 Å². The number of carbonyl (C=O) groups is 2. The second kappa shape index (κ2) is 6.48. The number of fused-ring (bicyclic) bond motifs is 1. The van der Waals surface area contributed by atoms with Gasteiger partial charge in [0.05, 0.1) is 0 Å². The number of hydrogen-bond donors (Lipinski definition) is 2. The third-order valence-corrected chi connectivity index (χ3v) is 3.85. The Balaban J connectivity index is 2.36. The Morgan fingerprint density at radius 1 is 1.50 bits per heavy atom. The van der Waals surface area contributed by atoms with Gasteiger partial charge in [0.1, 0.15) is 22.9 Å². The number of ketones is 1. The summed E-state index contributed by atoms with van der Waals surface area (Å²) >= 11 is 0. The summed E-state index contributed by atoms with van der Waals surface area (Å²) in [4.78, 5) is 23.0. The van der Waals surface area contributed by atoms with Crippen LogP contribution in [-0.4, -0.2) is 29.0 Å².